The number of nitrogens with one attached hydrogen (secondary N) is 1. The number of hydrogen-bond donors (Lipinski definition) is 1. The molecule has 0 aliphatic carbocycles. The summed E-state index contributed by atoms with van der Waals surface area (Å²) in [5.41, 5.74) is 2.24. The standard InChI is InChI=1S/C18H12BrCl2N3OS/c19-12-3-1-11(2-4-12)15-7-8-18(24-23-15)26-10-17(25)22-16-9-13(20)5-6-14(16)21/h1-9H,10H2,(H,22,25). The SMILES string of the molecule is O=C(CSc1ccc(-c2ccc(Br)cc2)nn1)Nc1cc(Cl)ccc1Cl. The second kappa shape index (κ2) is 8.86. The second-order valence-electron chi connectivity index (χ2n) is 5.22. The summed E-state index contributed by atoms with van der Waals surface area (Å²) in [5.74, 6) is -0.00670. The second-order valence-corrected chi connectivity index (χ2v) is 7.98. The molecular formula is C18H12BrCl2N3OS. The first-order chi connectivity index (χ1) is 12.5. The van der Waals surface area contributed by atoms with Gasteiger partial charge in [-0.3, -0.25) is 4.79 Å². The minimum absolute atomic E-state index is 0.190. The van der Waals surface area contributed by atoms with Gasteiger partial charge >= 0.3 is 0 Å². The van der Waals surface area contributed by atoms with Crippen LogP contribution in [-0.2, 0) is 4.79 Å². The van der Waals surface area contributed by atoms with Gasteiger partial charge in [0, 0.05) is 15.1 Å². The van der Waals surface area contributed by atoms with Crippen LogP contribution in [0.1, 0.15) is 0 Å². The number of amides is 1. The molecule has 1 amide bonds. The largest absolute Gasteiger partial charge is 0.324 e. The van der Waals surface area contributed by atoms with Crippen LogP contribution < -0.4 is 5.32 Å². The molecule has 4 nitrogen and oxygen atoms in total. The smallest absolute Gasteiger partial charge is 0.234 e. The molecule has 2 aromatic carbocycles. The Bertz CT molecular complexity index is 921. The van der Waals surface area contributed by atoms with Crippen LogP contribution in [0.5, 0.6) is 0 Å². The van der Waals surface area contributed by atoms with Crippen molar-refractivity contribution in [3.8, 4) is 11.3 Å². The molecule has 3 aromatic rings. The quantitative estimate of drug-likeness (QED) is 0.470. The van der Waals surface area contributed by atoms with E-state index in [0.29, 0.717) is 20.8 Å². The highest BCUT2D eigenvalue weighted by atomic mass is 79.9. The fourth-order valence-corrected chi connectivity index (χ4v) is 3.31. The van der Waals surface area contributed by atoms with E-state index in [0.717, 1.165) is 15.7 Å². The molecule has 132 valence electrons. The zero-order valence-electron chi connectivity index (χ0n) is 13.2. The molecule has 0 aliphatic rings. The molecule has 1 N–H and O–H groups in total. The lowest BCUT2D eigenvalue weighted by molar-refractivity contribution is -0.113. The maximum atomic E-state index is 12.1. The van der Waals surface area contributed by atoms with Crippen molar-refractivity contribution in [2.45, 2.75) is 5.03 Å². The summed E-state index contributed by atoms with van der Waals surface area (Å²) in [6.45, 7) is 0. The van der Waals surface area contributed by atoms with E-state index in [2.05, 4.69) is 31.4 Å². The number of carbonyl (C=O) groups excluding carboxylic acids is 1. The van der Waals surface area contributed by atoms with E-state index < -0.39 is 0 Å². The molecular weight excluding hydrogens is 457 g/mol. The third-order valence-corrected chi connectivity index (χ3v) is 5.35. The zero-order valence-corrected chi connectivity index (χ0v) is 17.2. The normalized spacial score (nSPS) is 10.6. The van der Waals surface area contributed by atoms with Gasteiger partial charge in [-0.2, -0.15) is 0 Å². The van der Waals surface area contributed by atoms with Crippen molar-refractivity contribution >= 4 is 62.5 Å². The van der Waals surface area contributed by atoms with E-state index in [4.69, 9.17) is 23.2 Å². The predicted octanol–water partition coefficient (Wildman–Crippen LogP) is 5.94. The number of rotatable bonds is 5. The van der Waals surface area contributed by atoms with Gasteiger partial charge in [0.05, 0.1) is 22.2 Å². The maximum Gasteiger partial charge on any atom is 0.234 e. The number of halogens is 3. The lowest BCUT2D eigenvalue weighted by Crippen LogP contribution is -2.14. The first kappa shape index (κ1) is 19.2. The molecule has 8 heteroatoms. The summed E-state index contributed by atoms with van der Waals surface area (Å²) in [7, 11) is 0. The fraction of sp³-hybridized carbons (Fsp3) is 0.0556. The van der Waals surface area contributed by atoms with Crippen molar-refractivity contribution in [2.24, 2.45) is 0 Å². The molecule has 0 spiro atoms. The Labute approximate surface area is 173 Å². The molecule has 0 bridgehead atoms. The van der Waals surface area contributed by atoms with Crippen LogP contribution in [0.4, 0.5) is 5.69 Å². The molecule has 1 heterocycles. The van der Waals surface area contributed by atoms with Crippen LogP contribution in [-0.4, -0.2) is 21.9 Å². The lowest BCUT2D eigenvalue weighted by Gasteiger charge is -2.07. The Morgan fingerprint density at radius 1 is 1.04 bits per heavy atom. The number of aromatic nitrogens is 2. The molecule has 26 heavy (non-hydrogen) atoms. The topological polar surface area (TPSA) is 54.9 Å². The molecule has 0 fully saturated rings. The molecule has 0 unspecified atom stereocenters. The summed E-state index contributed by atoms with van der Waals surface area (Å²) >= 11 is 16.6. The number of nitrogens with zero attached hydrogens (tertiary/aromatic N) is 2. The molecule has 0 atom stereocenters. The maximum absolute atomic E-state index is 12.1. The van der Waals surface area contributed by atoms with Crippen LogP contribution in [0.25, 0.3) is 11.3 Å². The van der Waals surface area contributed by atoms with Gasteiger partial charge in [-0.1, -0.05) is 63.0 Å². The van der Waals surface area contributed by atoms with Crippen LogP contribution in [0.3, 0.4) is 0 Å². The van der Waals surface area contributed by atoms with E-state index in [1.165, 1.54) is 11.8 Å². The van der Waals surface area contributed by atoms with Gasteiger partial charge in [0.2, 0.25) is 5.91 Å². The molecule has 0 saturated carbocycles. The third kappa shape index (κ3) is 5.20. The van der Waals surface area contributed by atoms with E-state index in [-0.39, 0.29) is 11.7 Å². The van der Waals surface area contributed by atoms with Gasteiger partial charge in [0.25, 0.3) is 0 Å². The highest BCUT2D eigenvalue weighted by molar-refractivity contribution is 9.10. The summed E-state index contributed by atoms with van der Waals surface area (Å²) in [6.07, 6.45) is 0. The van der Waals surface area contributed by atoms with Crippen molar-refractivity contribution in [1.82, 2.24) is 10.2 Å². The van der Waals surface area contributed by atoms with Crippen molar-refractivity contribution < 1.29 is 4.79 Å². The van der Waals surface area contributed by atoms with Gasteiger partial charge in [0.15, 0.2) is 0 Å². The summed E-state index contributed by atoms with van der Waals surface area (Å²) < 4.78 is 1.01. The third-order valence-electron chi connectivity index (χ3n) is 3.33. The number of thioether (sulfide) groups is 1. The lowest BCUT2D eigenvalue weighted by atomic mass is 10.1. The van der Waals surface area contributed by atoms with E-state index in [1.54, 1.807) is 18.2 Å². The van der Waals surface area contributed by atoms with E-state index in [9.17, 15) is 4.79 Å². The Kier molecular flexibility index (Phi) is 6.53. The molecule has 0 saturated heterocycles. The van der Waals surface area contributed by atoms with E-state index in [1.807, 2.05) is 36.4 Å². The molecule has 3 rings (SSSR count). The molecule has 0 aliphatic heterocycles. The number of hydrogen-bond acceptors (Lipinski definition) is 4. The Hall–Kier alpha value is -1.60. The van der Waals surface area contributed by atoms with Gasteiger partial charge in [-0.05, 0) is 42.5 Å². The van der Waals surface area contributed by atoms with Gasteiger partial charge in [0.1, 0.15) is 5.03 Å². The Morgan fingerprint density at radius 2 is 1.81 bits per heavy atom. The number of benzene rings is 2. The Balaban J connectivity index is 1.58. The van der Waals surface area contributed by atoms with Crippen molar-refractivity contribution in [3.63, 3.8) is 0 Å². The summed E-state index contributed by atoms with van der Waals surface area (Å²) in [6, 6.07) is 16.5. The summed E-state index contributed by atoms with van der Waals surface area (Å²) in [4.78, 5) is 12.1. The minimum Gasteiger partial charge on any atom is -0.324 e. The Morgan fingerprint density at radius 3 is 2.50 bits per heavy atom. The van der Waals surface area contributed by atoms with Crippen LogP contribution >= 0.6 is 50.9 Å². The monoisotopic (exact) mass is 467 g/mol. The van der Waals surface area contributed by atoms with Gasteiger partial charge < -0.3 is 5.32 Å². The number of carbonyl (C=O) groups is 1. The average Bonchev–Trinajstić information content (AvgIpc) is 2.64. The predicted molar refractivity (Wildman–Crippen MR) is 111 cm³/mol. The average molecular weight is 469 g/mol. The van der Waals surface area contributed by atoms with Gasteiger partial charge in [-0.25, -0.2) is 0 Å². The van der Waals surface area contributed by atoms with Gasteiger partial charge in [-0.15, -0.1) is 10.2 Å². The van der Waals surface area contributed by atoms with E-state index >= 15 is 0 Å². The van der Waals surface area contributed by atoms with Crippen LogP contribution in [0, 0.1) is 0 Å². The van der Waals surface area contributed by atoms with Crippen molar-refractivity contribution in [1.29, 1.82) is 0 Å². The summed E-state index contributed by atoms with van der Waals surface area (Å²) in [5, 5.41) is 12.7. The zero-order chi connectivity index (χ0) is 18.5. The minimum atomic E-state index is -0.196. The van der Waals surface area contributed by atoms with Crippen molar-refractivity contribution in [2.75, 3.05) is 11.1 Å². The molecule has 0 radical (unpaired) electrons. The van der Waals surface area contributed by atoms with Crippen LogP contribution in [0.2, 0.25) is 10.0 Å². The fourth-order valence-electron chi connectivity index (χ4n) is 2.09. The first-order valence-electron chi connectivity index (χ1n) is 7.48. The highest BCUT2D eigenvalue weighted by Gasteiger charge is 2.09. The number of anilines is 1. The van der Waals surface area contributed by atoms with Crippen molar-refractivity contribution in [3.05, 3.63) is 69.1 Å². The van der Waals surface area contributed by atoms with Crippen LogP contribution in [0.15, 0.2) is 64.1 Å². The molecule has 1 aromatic heterocycles. The highest BCUT2D eigenvalue weighted by Crippen LogP contribution is 2.26. The first-order valence-corrected chi connectivity index (χ1v) is 10.0.